The molecule has 2 rings (SSSR count). The lowest BCUT2D eigenvalue weighted by Crippen LogP contribution is -2.44. The van der Waals surface area contributed by atoms with E-state index in [1.54, 1.807) is 12.4 Å². The second-order valence-corrected chi connectivity index (χ2v) is 5.47. The summed E-state index contributed by atoms with van der Waals surface area (Å²) < 4.78 is 0.869. The van der Waals surface area contributed by atoms with Crippen LogP contribution in [0.2, 0.25) is 0 Å². The van der Waals surface area contributed by atoms with Crippen LogP contribution < -0.4 is 5.32 Å². The third-order valence-corrected chi connectivity index (χ3v) is 3.68. The molecule has 0 bridgehead atoms. The zero-order valence-electron chi connectivity index (χ0n) is 10.1. The molecule has 2 amide bonds. The van der Waals surface area contributed by atoms with Gasteiger partial charge in [-0.3, -0.25) is 19.9 Å². The van der Waals surface area contributed by atoms with Crippen LogP contribution in [0.3, 0.4) is 0 Å². The summed E-state index contributed by atoms with van der Waals surface area (Å²) in [4.78, 5) is 27.5. The molecule has 1 aliphatic heterocycles. The van der Waals surface area contributed by atoms with Gasteiger partial charge < -0.3 is 0 Å². The number of piperidine rings is 1. The van der Waals surface area contributed by atoms with E-state index < -0.39 is 0 Å². The molecule has 1 fully saturated rings. The second kappa shape index (κ2) is 5.61. The van der Waals surface area contributed by atoms with Crippen LogP contribution in [0.5, 0.6) is 0 Å². The fourth-order valence-corrected chi connectivity index (χ4v) is 2.81. The molecule has 5 heteroatoms. The van der Waals surface area contributed by atoms with E-state index in [9.17, 15) is 9.59 Å². The molecule has 18 heavy (non-hydrogen) atoms. The summed E-state index contributed by atoms with van der Waals surface area (Å²) in [6.07, 6.45) is 5.50. The third kappa shape index (κ3) is 2.77. The predicted molar refractivity (Wildman–Crippen MR) is 70.8 cm³/mol. The van der Waals surface area contributed by atoms with Gasteiger partial charge in [0.1, 0.15) is 0 Å². The molecular weight excluding hydrogens is 296 g/mol. The number of pyridine rings is 1. The Bertz CT molecular complexity index is 476. The van der Waals surface area contributed by atoms with Crippen molar-refractivity contribution in [3.63, 3.8) is 0 Å². The summed E-state index contributed by atoms with van der Waals surface area (Å²) in [5, 5.41) is 2.42. The van der Waals surface area contributed by atoms with Crippen molar-refractivity contribution >= 4 is 27.7 Å². The van der Waals surface area contributed by atoms with Gasteiger partial charge >= 0.3 is 0 Å². The number of nitrogens with zero attached hydrogens (tertiary/aromatic N) is 1. The lowest BCUT2D eigenvalue weighted by atomic mass is 9.78. The predicted octanol–water partition coefficient (Wildman–Crippen LogP) is 2.39. The number of nitrogens with one attached hydrogen (secondary N) is 1. The summed E-state index contributed by atoms with van der Waals surface area (Å²) in [5.74, 6) is -0.546. The van der Waals surface area contributed by atoms with Gasteiger partial charge in [-0.05, 0) is 34.0 Å². The van der Waals surface area contributed by atoms with Crippen molar-refractivity contribution in [2.45, 2.75) is 32.1 Å². The summed E-state index contributed by atoms with van der Waals surface area (Å²) in [6.45, 7) is 2.04. The lowest BCUT2D eigenvalue weighted by molar-refractivity contribution is -0.137. The van der Waals surface area contributed by atoms with E-state index in [-0.39, 0.29) is 23.7 Å². The largest absolute Gasteiger partial charge is 0.296 e. The van der Waals surface area contributed by atoms with Gasteiger partial charge in [0, 0.05) is 35.1 Å². The van der Waals surface area contributed by atoms with Crippen molar-refractivity contribution in [1.82, 2.24) is 10.3 Å². The lowest BCUT2D eigenvalue weighted by Gasteiger charge is -2.30. The van der Waals surface area contributed by atoms with Crippen molar-refractivity contribution in [2.75, 3.05) is 0 Å². The first-order valence-corrected chi connectivity index (χ1v) is 6.85. The van der Waals surface area contributed by atoms with Gasteiger partial charge in [0.05, 0.1) is 0 Å². The SMILES string of the molecule is CCCC1C(=O)NC(=O)CC1c1cncc(Br)c1. The van der Waals surface area contributed by atoms with Crippen molar-refractivity contribution in [1.29, 1.82) is 0 Å². The average molecular weight is 311 g/mol. The minimum absolute atomic E-state index is 0.0591. The zero-order valence-corrected chi connectivity index (χ0v) is 11.7. The van der Waals surface area contributed by atoms with E-state index in [4.69, 9.17) is 0 Å². The highest BCUT2D eigenvalue weighted by Crippen LogP contribution is 2.34. The number of amides is 2. The van der Waals surface area contributed by atoms with Gasteiger partial charge in [-0.1, -0.05) is 13.3 Å². The molecule has 1 aliphatic rings. The molecule has 2 atom stereocenters. The molecule has 0 aromatic carbocycles. The summed E-state index contributed by atoms with van der Waals surface area (Å²) in [5.41, 5.74) is 0.950. The Kier molecular flexibility index (Phi) is 4.11. The normalized spacial score (nSPS) is 23.9. The number of imide groups is 1. The number of aromatic nitrogens is 1. The van der Waals surface area contributed by atoms with Gasteiger partial charge in [0.15, 0.2) is 0 Å². The molecular formula is C13H15BrN2O2. The summed E-state index contributed by atoms with van der Waals surface area (Å²) in [7, 11) is 0. The summed E-state index contributed by atoms with van der Waals surface area (Å²) in [6, 6.07) is 1.94. The maximum Gasteiger partial charge on any atom is 0.230 e. The van der Waals surface area contributed by atoms with E-state index in [0.717, 1.165) is 22.9 Å². The molecule has 0 aliphatic carbocycles. The first kappa shape index (κ1) is 13.2. The minimum Gasteiger partial charge on any atom is -0.296 e. The number of carbonyl (C=O) groups is 2. The molecule has 0 saturated carbocycles. The fraction of sp³-hybridized carbons (Fsp3) is 0.462. The monoisotopic (exact) mass is 310 g/mol. The molecule has 4 nitrogen and oxygen atoms in total. The van der Waals surface area contributed by atoms with E-state index in [1.807, 2.05) is 13.0 Å². The smallest absolute Gasteiger partial charge is 0.230 e. The Morgan fingerprint density at radius 3 is 2.89 bits per heavy atom. The maximum absolute atomic E-state index is 11.9. The van der Waals surface area contributed by atoms with Gasteiger partial charge in [-0.15, -0.1) is 0 Å². The van der Waals surface area contributed by atoms with E-state index in [2.05, 4.69) is 26.2 Å². The molecule has 0 spiro atoms. The Balaban J connectivity index is 2.31. The van der Waals surface area contributed by atoms with Gasteiger partial charge in [0.25, 0.3) is 0 Å². The summed E-state index contributed by atoms with van der Waals surface area (Å²) >= 11 is 3.37. The number of rotatable bonds is 3. The zero-order chi connectivity index (χ0) is 13.1. The van der Waals surface area contributed by atoms with Crippen LogP contribution in [0.25, 0.3) is 0 Å². The van der Waals surface area contributed by atoms with Crippen LogP contribution in [-0.4, -0.2) is 16.8 Å². The van der Waals surface area contributed by atoms with Crippen LogP contribution >= 0.6 is 15.9 Å². The van der Waals surface area contributed by atoms with Crippen LogP contribution in [0, 0.1) is 5.92 Å². The molecule has 1 N–H and O–H groups in total. The maximum atomic E-state index is 11.9. The Hall–Kier alpha value is -1.23. The Morgan fingerprint density at radius 1 is 1.44 bits per heavy atom. The van der Waals surface area contributed by atoms with Crippen molar-refractivity contribution in [3.05, 3.63) is 28.5 Å². The van der Waals surface area contributed by atoms with Crippen LogP contribution in [0.15, 0.2) is 22.9 Å². The second-order valence-electron chi connectivity index (χ2n) is 4.55. The van der Waals surface area contributed by atoms with Crippen molar-refractivity contribution in [3.8, 4) is 0 Å². The molecule has 96 valence electrons. The highest BCUT2D eigenvalue weighted by Gasteiger charge is 2.36. The van der Waals surface area contributed by atoms with Gasteiger partial charge in [-0.25, -0.2) is 0 Å². The van der Waals surface area contributed by atoms with Crippen LogP contribution in [-0.2, 0) is 9.59 Å². The first-order valence-electron chi connectivity index (χ1n) is 6.06. The highest BCUT2D eigenvalue weighted by molar-refractivity contribution is 9.10. The van der Waals surface area contributed by atoms with Crippen LogP contribution in [0.4, 0.5) is 0 Å². The molecule has 2 heterocycles. The Labute approximate surface area is 114 Å². The van der Waals surface area contributed by atoms with E-state index >= 15 is 0 Å². The molecule has 1 aromatic rings. The molecule has 1 saturated heterocycles. The number of halogens is 1. The first-order chi connectivity index (χ1) is 8.61. The minimum atomic E-state index is -0.197. The average Bonchev–Trinajstić information content (AvgIpc) is 2.32. The molecule has 2 unspecified atom stereocenters. The van der Waals surface area contributed by atoms with Crippen molar-refractivity contribution in [2.24, 2.45) is 5.92 Å². The van der Waals surface area contributed by atoms with Crippen LogP contribution in [0.1, 0.15) is 37.7 Å². The van der Waals surface area contributed by atoms with Gasteiger partial charge in [0.2, 0.25) is 11.8 Å². The number of carbonyl (C=O) groups excluding carboxylic acids is 2. The number of hydrogen-bond acceptors (Lipinski definition) is 3. The molecule has 1 aromatic heterocycles. The van der Waals surface area contributed by atoms with Crippen molar-refractivity contribution < 1.29 is 9.59 Å². The topological polar surface area (TPSA) is 59.1 Å². The number of hydrogen-bond donors (Lipinski definition) is 1. The Morgan fingerprint density at radius 2 is 2.22 bits per heavy atom. The highest BCUT2D eigenvalue weighted by atomic mass is 79.9. The standard InChI is InChI=1S/C13H15BrN2O2/c1-2-3-10-11(5-12(17)16-13(10)18)8-4-9(14)7-15-6-8/h4,6-7,10-11H,2-3,5H2,1H3,(H,16,17,18). The van der Waals surface area contributed by atoms with E-state index in [1.165, 1.54) is 0 Å². The third-order valence-electron chi connectivity index (χ3n) is 3.24. The van der Waals surface area contributed by atoms with E-state index in [0.29, 0.717) is 6.42 Å². The fourth-order valence-electron chi connectivity index (χ4n) is 2.43. The quantitative estimate of drug-likeness (QED) is 0.872. The molecule has 0 radical (unpaired) electrons. The van der Waals surface area contributed by atoms with Gasteiger partial charge in [-0.2, -0.15) is 0 Å².